The molecule has 1 heterocycles. The molecule has 0 aromatic heterocycles. The van der Waals surface area contributed by atoms with Crippen LogP contribution in [-0.2, 0) is 4.79 Å². The van der Waals surface area contributed by atoms with Crippen LogP contribution in [0, 0.1) is 0 Å². The van der Waals surface area contributed by atoms with E-state index >= 15 is 0 Å². The van der Waals surface area contributed by atoms with Crippen LogP contribution in [0.25, 0.3) is 0 Å². The lowest BCUT2D eigenvalue weighted by Gasteiger charge is -2.23. The fourth-order valence-corrected chi connectivity index (χ4v) is 1.76. The molecule has 1 fully saturated rings. The Morgan fingerprint density at radius 1 is 1.40 bits per heavy atom. The number of carbonyl (C=O) groups excluding carboxylic acids is 1. The van der Waals surface area contributed by atoms with Crippen LogP contribution in [0.1, 0.15) is 12.8 Å². The lowest BCUT2D eigenvalue weighted by molar-refractivity contribution is -0.119. The molecule has 0 atom stereocenters. The number of hydrogen-bond acceptors (Lipinski definition) is 3. The topological polar surface area (TPSA) is 41.1 Å². The highest BCUT2D eigenvalue weighted by molar-refractivity contribution is 8.00. The van der Waals surface area contributed by atoms with Crippen molar-refractivity contribution < 1.29 is 18.0 Å². The highest BCUT2D eigenvalue weighted by Gasteiger charge is 2.29. The summed E-state index contributed by atoms with van der Waals surface area (Å²) in [5.74, 6) is -1.09. The summed E-state index contributed by atoms with van der Waals surface area (Å²) in [5, 5.41) is 5.70. The first-order valence-electron chi connectivity index (χ1n) is 4.68. The maximum absolute atomic E-state index is 11.8. The molecule has 1 aliphatic rings. The fraction of sp³-hybridized carbons (Fsp3) is 0.875. The molecular formula is C8H13F3N2OS. The molecule has 2 N–H and O–H groups in total. The summed E-state index contributed by atoms with van der Waals surface area (Å²) in [5.41, 5.74) is -4.33. The lowest BCUT2D eigenvalue weighted by Crippen LogP contribution is -2.43. The van der Waals surface area contributed by atoms with Crippen LogP contribution in [0.3, 0.4) is 0 Å². The molecule has 1 saturated heterocycles. The Labute approximate surface area is 90.2 Å². The predicted octanol–water partition coefficient (Wildman–Crippen LogP) is 1.11. The van der Waals surface area contributed by atoms with E-state index in [-0.39, 0.29) is 17.8 Å². The van der Waals surface area contributed by atoms with Gasteiger partial charge in [0.15, 0.2) is 0 Å². The molecule has 0 aliphatic carbocycles. The highest BCUT2D eigenvalue weighted by atomic mass is 32.2. The van der Waals surface area contributed by atoms with Crippen LogP contribution in [0.5, 0.6) is 0 Å². The van der Waals surface area contributed by atoms with Gasteiger partial charge in [-0.3, -0.25) is 4.79 Å². The van der Waals surface area contributed by atoms with Crippen molar-refractivity contribution in [1.29, 1.82) is 0 Å². The van der Waals surface area contributed by atoms with Gasteiger partial charge in [0.05, 0.1) is 5.75 Å². The van der Waals surface area contributed by atoms with Gasteiger partial charge >= 0.3 is 5.51 Å². The lowest BCUT2D eigenvalue weighted by atomic mass is 10.1. The van der Waals surface area contributed by atoms with Crippen molar-refractivity contribution >= 4 is 17.7 Å². The normalized spacial score (nSPS) is 18.9. The number of amides is 1. The summed E-state index contributed by atoms with van der Waals surface area (Å²) in [6.07, 6.45) is 1.56. The van der Waals surface area contributed by atoms with E-state index in [0.717, 1.165) is 25.9 Å². The third-order valence-corrected chi connectivity index (χ3v) is 2.81. The average molecular weight is 242 g/mol. The second kappa shape index (κ2) is 5.60. The van der Waals surface area contributed by atoms with Crippen LogP contribution in [-0.4, -0.2) is 36.3 Å². The minimum Gasteiger partial charge on any atom is -0.353 e. The SMILES string of the molecule is O=C(CSC(F)(F)F)NC1CCNCC1. The van der Waals surface area contributed by atoms with Crippen LogP contribution in [0.4, 0.5) is 13.2 Å². The second-order valence-corrected chi connectivity index (χ2v) is 4.37. The number of thioether (sulfide) groups is 1. The monoisotopic (exact) mass is 242 g/mol. The number of alkyl halides is 3. The third-order valence-electron chi connectivity index (χ3n) is 2.07. The van der Waals surface area contributed by atoms with Crippen molar-refractivity contribution in [2.45, 2.75) is 24.4 Å². The molecule has 88 valence electrons. The summed E-state index contributed by atoms with van der Waals surface area (Å²) in [7, 11) is 0. The highest BCUT2D eigenvalue weighted by Crippen LogP contribution is 2.29. The van der Waals surface area contributed by atoms with E-state index in [0.29, 0.717) is 0 Å². The van der Waals surface area contributed by atoms with Crippen molar-refractivity contribution in [2.75, 3.05) is 18.8 Å². The maximum Gasteiger partial charge on any atom is 0.442 e. The van der Waals surface area contributed by atoms with Crippen molar-refractivity contribution in [3.05, 3.63) is 0 Å². The summed E-state index contributed by atoms with van der Waals surface area (Å²) in [4.78, 5) is 11.1. The van der Waals surface area contributed by atoms with Gasteiger partial charge in [0, 0.05) is 6.04 Å². The fourth-order valence-electron chi connectivity index (χ4n) is 1.38. The average Bonchev–Trinajstić information content (AvgIpc) is 2.15. The predicted molar refractivity (Wildman–Crippen MR) is 52.5 cm³/mol. The van der Waals surface area contributed by atoms with Crippen LogP contribution >= 0.6 is 11.8 Å². The first kappa shape index (κ1) is 12.6. The Bertz CT molecular complexity index is 216. The first-order valence-corrected chi connectivity index (χ1v) is 5.67. The van der Waals surface area contributed by atoms with Gasteiger partial charge in [0.25, 0.3) is 0 Å². The number of piperidine rings is 1. The summed E-state index contributed by atoms with van der Waals surface area (Å²) < 4.78 is 35.3. The molecule has 3 nitrogen and oxygen atoms in total. The van der Waals surface area contributed by atoms with Gasteiger partial charge in [-0.15, -0.1) is 0 Å². The smallest absolute Gasteiger partial charge is 0.353 e. The van der Waals surface area contributed by atoms with Gasteiger partial charge in [-0.25, -0.2) is 0 Å². The van der Waals surface area contributed by atoms with Crippen LogP contribution < -0.4 is 10.6 Å². The number of hydrogen-bond donors (Lipinski definition) is 2. The molecule has 15 heavy (non-hydrogen) atoms. The Morgan fingerprint density at radius 2 is 2.00 bits per heavy atom. The Hall–Kier alpha value is -0.430. The largest absolute Gasteiger partial charge is 0.442 e. The van der Waals surface area contributed by atoms with E-state index in [1.54, 1.807) is 0 Å². The zero-order valence-corrected chi connectivity index (χ0v) is 8.88. The van der Waals surface area contributed by atoms with Crippen LogP contribution in [0.15, 0.2) is 0 Å². The van der Waals surface area contributed by atoms with E-state index in [9.17, 15) is 18.0 Å². The Morgan fingerprint density at radius 3 is 2.53 bits per heavy atom. The number of rotatable bonds is 3. The maximum atomic E-state index is 11.8. The van der Waals surface area contributed by atoms with Crippen LogP contribution in [0.2, 0.25) is 0 Å². The van der Waals surface area contributed by atoms with E-state index in [1.165, 1.54) is 0 Å². The summed E-state index contributed by atoms with van der Waals surface area (Å²) >= 11 is -0.297. The number of nitrogens with one attached hydrogen (secondary N) is 2. The van der Waals surface area contributed by atoms with Crippen molar-refractivity contribution in [1.82, 2.24) is 10.6 Å². The standard InChI is InChI=1S/C8H13F3N2OS/c9-8(10,11)15-5-7(14)13-6-1-3-12-4-2-6/h6,12H,1-5H2,(H,13,14). The number of halogens is 3. The molecule has 7 heteroatoms. The van der Waals surface area contributed by atoms with E-state index in [4.69, 9.17) is 0 Å². The molecule has 0 unspecified atom stereocenters. The van der Waals surface area contributed by atoms with E-state index in [2.05, 4.69) is 10.6 Å². The minimum absolute atomic E-state index is 0.0209. The molecule has 0 aromatic rings. The van der Waals surface area contributed by atoms with Gasteiger partial charge in [-0.1, -0.05) is 0 Å². The molecule has 0 saturated carbocycles. The zero-order chi connectivity index (χ0) is 11.3. The second-order valence-electron chi connectivity index (χ2n) is 3.33. The molecule has 1 rings (SSSR count). The van der Waals surface area contributed by atoms with Gasteiger partial charge in [0.2, 0.25) is 5.91 Å². The molecule has 1 aliphatic heterocycles. The minimum atomic E-state index is -4.33. The first-order chi connectivity index (χ1) is 6.97. The number of carbonyl (C=O) groups is 1. The molecule has 0 spiro atoms. The summed E-state index contributed by atoms with van der Waals surface area (Å²) in [6.45, 7) is 1.61. The van der Waals surface area contributed by atoms with E-state index in [1.807, 2.05) is 0 Å². The Balaban J connectivity index is 2.17. The molecule has 0 bridgehead atoms. The molecule has 0 radical (unpaired) electrons. The zero-order valence-electron chi connectivity index (χ0n) is 8.06. The summed E-state index contributed by atoms with van der Waals surface area (Å²) in [6, 6.07) is 0.0209. The molecule has 0 aromatic carbocycles. The van der Waals surface area contributed by atoms with Crippen molar-refractivity contribution in [3.8, 4) is 0 Å². The van der Waals surface area contributed by atoms with Gasteiger partial charge < -0.3 is 10.6 Å². The molecular weight excluding hydrogens is 229 g/mol. The molecule has 1 amide bonds. The van der Waals surface area contributed by atoms with E-state index < -0.39 is 17.2 Å². The Kier molecular flexibility index (Phi) is 4.72. The third kappa shape index (κ3) is 5.88. The van der Waals surface area contributed by atoms with Crippen molar-refractivity contribution in [3.63, 3.8) is 0 Å². The van der Waals surface area contributed by atoms with Gasteiger partial charge in [-0.05, 0) is 37.7 Å². The quantitative estimate of drug-likeness (QED) is 0.779. The van der Waals surface area contributed by atoms with Crippen molar-refractivity contribution in [2.24, 2.45) is 0 Å². The van der Waals surface area contributed by atoms with Gasteiger partial charge in [-0.2, -0.15) is 13.2 Å². The van der Waals surface area contributed by atoms with Gasteiger partial charge in [0.1, 0.15) is 0 Å².